The van der Waals surface area contributed by atoms with Gasteiger partial charge in [-0.15, -0.1) is 0 Å². The van der Waals surface area contributed by atoms with Gasteiger partial charge in [-0.3, -0.25) is 4.79 Å². The molecule has 0 unspecified atom stereocenters. The number of carbonyl (C=O) groups excluding carboxylic acids is 1. The highest BCUT2D eigenvalue weighted by molar-refractivity contribution is 5.91. The van der Waals surface area contributed by atoms with Crippen molar-refractivity contribution in [3.8, 4) is 28.6 Å². The molecule has 0 saturated heterocycles. The monoisotopic (exact) mass is 456 g/mol. The van der Waals surface area contributed by atoms with E-state index in [1.54, 1.807) is 36.4 Å². The normalized spacial score (nSPS) is 11.1. The van der Waals surface area contributed by atoms with Crippen molar-refractivity contribution in [2.24, 2.45) is 0 Å². The summed E-state index contributed by atoms with van der Waals surface area (Å²) in [5, 5.41) is 0.335. The van der Waals surface area contributed by atoms with Crippen LogP contribution in [0.3, 0.4) is 0 Å². The summed E-state index contributed by atoms with van der Waals surface area (Å²) in [4.78, 5) is 26.1. The van der Waals surface area contributed by atoms with E-state index < -0.39 is 11.4 Å². The molecule has 3 aromatic carbocycles. The van der Waals surface area contributed by atoms with Crippen molar-refractivity contribution in [1.82, 2.24) is 0 Å². The predicted molar refractivity (Wildman–Crippen MR) is 132 cm³/mol. The summed E-state index contributed by atoms with van der Waals surface area (Å²) in [5.41, 5.74) is 3.21. The van der Waals surface area contributed by atoms with Crippen molar-refractivity contribution in [3.05, 3.63) is 93.7 Å². The van der Waals surface area contributed by atoms with Crippen LogP contribution in [0.2, 0.25) is 0 Å². The zero-order valence-corrected chi connectivity index (χ0v) is 19.4. The second-order valence-corrected chi connectivity index (χ2v) is 7.76. The van der Waals surface area contributed by atoms with Gasteiger partial charge in [-0.1, -0.05) is 30.3 Å². The largest absolute Gasteiger partial charge is 0.493 e. The van der Waals surface area contributed by atoms with E-state index >= 15 is 0 Å². The Hall–Kier alpha value is -4.32. The lowest BCUT2D eigenvalue weighted by Gasteiger charge is -2.13. The Balaban J connectivity index is 1.85. The zero-order valence-electron chi connectivity index (χ0n) is 19.4. The molecule has 0 aliphatic rings. The van der Waals surface area contributed by atoms with Gasteiger partial charge in [0.25, 0.3) is 0 Å². The van der Waals surface area contributed by atoms with Crippen molar-refractivity contribution in [2.75, 3.05) is 14.2 Å². The summed E-state index contributed by atoms with van der Waals surface area (Å²) in [6, 6.07) is 17.9. The molecule has 0 aliphatic carbocycles. The van der Waals surface area contributed by atoms with Gasteiger partial charge < -0.3 is 18.6 Å². The fraction of sp³-hybridized carbons (Fsp3) is 0.143. The van der Waals surface area contributed by atoms with Crippen molar-refractivity contribution in [3.63, 3.8) is 0 Å². The molecule has 1 aromatic heterocycles. The third kappa shape index (κ3) is 4.57. The molecule has 0 spiro atoms. The molecule has 4 rings (SSSR count). The van der Waals surface area contributed by atoms with Gasteiger partial charge in [0.05, 0.1) is 19.6 Å². The van der Waals surface area contributed by atoms with E-state index in [1.807, 2.05) is 44.2 Å². The molecular weight excluding hydrogens is 432 g/mol. The first-order chi connectivity index (χ1) is 16.4. The van der Waals surface area contributed by atoms with Crippen LogP contribution in [0.4, 0.5) is 0 Å². The summed E-state index contributed by atoms with van der Waals surface area (Å²) in [6.45, 7) is 3.85. The van der Waals surface area contributed by atoms with Gasteiger partial charge in [0, 0.05) is 11.6 Å². The van der Waals surface area contributed by atoms with E-state index in [2.05, 4.69) is 0 Å². The van der Waals surface area contributed by atoms with Crippen LogP contribution in [0.15, 0.2) is 76.0 Å². The molecule has 0 saturated carbocycles. The average Bonchev–Trinajstić information content (AvgIpc) is 2.86. The van der Waals surface area contributed by atoms with E-state index in [0.717, 1.165) is 16.7 Å². The van der Waals surface area contributed by atoms with Gasteiger partial charge in [0.1, 0.15) is 5.58 Å². The predicted octanol–water partition coefficient (Wildman–Crippen LogP) is 5.71. The number of carbonyl (C=O) groups is 1. The quantitative estimate of drug-likeness (QED) is 0.273. The number of rotatable bonds is 6. The van der Waals surface area contributed by atoms with Crippen LogP contribution >= 0.6 is 0 Å². The third-order valence-electron chi connectivity index (χ3n) is 5.52. The van der Waals surface area contributed by atoms with Crippen LogP contribution in [0.5, 0.6) is 17.2 Å². The van der Waals surface area contributed by atoms with Crippen LogP contribution in [-0.4, -0.2) is 20.2 Å². The van der Waals surface area contributed by atoms with Crippen LogP contribution < -0.4 is 19.6 Å². The SMILES string of the molecule is COc1ccc(-c2oc3cc(C)c(C)cc3c(=O)c2OC(=O)/C=C/c2ccccc2)cc1OC. The smallest absolute Gasteiger partial charge is 0.336 e. The van der Waals surface area contributed by atoms with Gasteiger partial charge >= 0.3 is 5.97 Å². The molecule has 0 radical (unpaired) electrons. The number of methoxy groups -OCH3 is 2. The number of aryl methyl sites for hydroxylation is 2. The lowest BCUT2D eigenvalue weighted by atomic mass is 10.0. The summed E-state index contributed by atoms with van der Waals surface area (Å²) >= 11 is 0. The number of benzene rings is 3. The first-order valence-corrected chi connectivity index (χ1v) is 10.7. The van der Waals surface area contributed by atoms with Crippen molar-refractivity contribution >= 4 is 23.0 Å². The molecule has 4 aromatic rings. The van der Waals surface area contributed by atoms with Gasteiger partial charge in [-0.2, -0.15) is 0 Å². The molecule has 0 aliphatic heterocycles. The second-order valence-electron chi connectivity index (χ2n) is 7.76. The van der Waals surface area contributed by atoms with Crippen molar-refractivity contribution < 1.29 is 23.4 Å². The Labute approximate surface area is 197 Å². The van der Waals surface area contributed by atoms with Crippen molar-refractivity contribution in [1.29, 1.82) is 0 Å². The highest BCUT2D eigenvalue weighted by Gasteiger charge is 2.21. The average molecular weight is 456 g/mol. The molecule has 6 heteroatoms. The number of hydrogen-bond donors (Lipinski definition) is 0. The Bertz CT molecular complexity index is 1450. The Kier molecular flexibility index (Phi) is 6.50. The van der Waals surface area contributed by atoms with E-state index in [4.69, 9.17) is 18.6 Å². The molecular formula is C28H24O6. The van der Waals surface area contributed by atoms with E-state index in [1.165, 1.54) is 20.3 Å². The number of ether oxygens (including phenoxy) is 3. The summed E-state index contributed by atoms with van der Waals surface area (Å²) in [7, 11) is 3.05. The topological polar surface area (TPSA) is 75.0 Å². The molecule has 0 amide bonds. The molecule has 172 valence electrons. The standard InChI is InChI=1S/C28H24O6/c1-17-14-21-23(15-18(17)2)33-27(20-11-12-22(31-3)24(16-20)32-4)28(26(21)30)34-25(29)13-10-19-8-6-5-7-9-19/h5-16H,1-4H3/b13-10+. The number of fused-ring (bicyclic) bond motifs is 1. The van der Waals surface area contributed by atoms with Crippen LogP contribution in [0.25, 0.3) is 28.4 Å². The Morgan fingerprint density at radius 1 is 0.882 bits per heavy atom. The van der Waals surface area contributed by atoms with Gasteiger partial charge in [-0.05, 0) is 66.9 Å². The Morgan fingerprint density at radius 2 is 1.59 bits per heavy atom. The lowest BCUT2D eigenvalue weighted by Crippen LogP contribution is -2.14. The first-order valence-electron chi connectivity index (χ1n) is 10.7. The molecule has 0 fully saturated rings. The van der Waals surface area contributed by atoms with Gasteiger partial charge in [0.2, 0.25) is 11.2 Å². The Morgan fingerprint density at radius 3 is 2.29 bits per heavy atom. The summed E-state index contributed by atoms with van der Waals surface area (Å²) in [5.74, 6) is 0.212. The third-order valence-corrected chi connectivity index (χ3v) is 5.52. The second kappa shape index (κ2) is 9.67. The molecule has 0 N–H and O–H groups in total. The van der Waals surface area contributed by atoms with E-state index in [9.17, 15) is 9.59 Å². The minimum atomic E-state index is -0.693. The summed E-state index contributed by atoms with van der Waals surface area (Å²) < 4.78 is 22.4. The molecule has 34 heavy (non-hydrogen) atoms. The molecule has 6 nitrogen and oxygen atoms in total. The molecule has 0 atom stereocenters. The minimum Gasteiger partial charge on any atom is -0.493 e. The van der Waals surface area contributed by atoms with E-state index in [0.29, 0.717) is 28.0 Å². The summed E-state index contributed by atoms with van der Waals surface area (Å²) in [6.07, 6.45) is 2.90. The number of esters is 1. The first kappa shape index (κ1) is 22.9. The molecule has 1 heterocycles. The van der Waals surface area contributed by atoms with Gasteiger partial charge in [0.15, 0.2) is 17.3 Å². The fourth-order valence-electron chi connectivity index (χ4n) is 3.56. The fourth-order valence-corrected chi connectivity index (χ4v) is 3.56. The van der Waals surface area contributed by atoms with Crippen molar-refractivity contribution in [2.45, 2.75) is 13.8 Å². The van der Waals surface area contributed by atoms with Crippen LogP contribution in [-0.2, 0) is 4.79 Å². The highest BCUT2D eigenvalue weighted by atomic mass is 16.5. The maximum Gasteiger partial charge on any atom is 0.336 e. The van der Waals surface area contributed by atoms with Crippen LogP contribution in [0, 0.1) is 13.8 Å². The lowest BCUT2D eigenvalue weighted by molar-refractivity contribution is -0.129. The minimum absolute atomic E-state index is 0.128. The highest BCUT2D eigenvalue weighted by Crippen LogP contribution is 2.37. The zero-order chi connectivity index (χ0) is 24.2. The maximum atomic E-state index is 13.5. The van der Waals surface area contributed by atoms with Crippen LogP contribution in [0.1, 0.15) is 16.7 Å². The number of hydrogen-bond acceptors (Lipinski definition) is 6. The maximum absolute atomic E-state index is 13.5. The van der Waals surface area contributed by atoms with Gasteiger partial charge in [-0.25, -0.2) is 4.79 Å². The molecule has 0 bridgehead atoms. The van der Waals surface area contributed by atoms with E-state index in [-0.39, 0.29) is 11.5 Å².